The maximum Gasteiger partial charge on any atom is 0.255 e. The Hall–Kier alpha value is -3.28. The predicted molar refractivity (Wildman–Crippen MR) is 90.4 cm³/mol. The molecule has 0 saturated heterocycles. The van der Waals surface area contributed by atoms with Crippen LogP contribution in [0.1, 0.15) is 10.4 Å². The van der Waals surface area contributed by atoms with Crippen LogP contribution in [0.15, 0.2) is 66.7 Å². The predicted octanol–water partition coefficient (Wildman–Crippen LogP) is 5.10. The minimum absolute atomic E-state index is 0.0208. The number of hydrogen-bond donors (Lipinski definition) is 2. The molecule has 6 heteroatoms. The lowest BCUT2D eigenvalue weighted by atomic mass is 10.2. The number of halogens is 3. The van der Waals surface area contributed by atoms with Gasteiger partial charge in [-0.25, -0.2) is 13.2 Å². The van der Waals surface area contributed by atoms with Crippen molar-refractivity contribution in [2.45, 2.75) is 0 Å². The van der Waals surface area contributed by atoms with Gasteiger partial charge < -0.3 is 10.6 Å². The third-order valence-electron chi connectivity index (χ3n) is 3.46. The molecule has 0 aliphatic carbocycles. The first kappa shape index (κ1) is 16.6. The van der Waals surface area contributed by atoms with E-state index in [1.807, 2.05) is 0 Å². The molecule has 0 bridgehead atoms. The highest BCUT2D eigenvalue weighted by Crippen LogP contribution is 2.20. The fourth-order valence-corrected chi connectivity index (χ4v) is 2.18. The molecule has 126 valence electrons. The average molecular weight is 342 g/mol. The Morgan fingerprint density at radius 3 is 1.84 bits per heavy atom. The van der Waals surface area contributed by atoms with Crippen LogP contribution >= 0.6 is 0 Å². The molecule has 0 aliphatic heterocycles. The summed E-state index contributed by atoms with van der Waals surface area (Å²) in [6.45, 7) is 0. The van der Waals surface area contributed by atoms with Crippen molar-refractivity contribution in [1.82, 2.24) is 0 Å². The van der Waals surface area contributed by atoms with Crippen molar-refractivity contribution in [3.8, 4) is 0 Å². The Morgan fingerprint density at radius 2 is 1.24 bits per heavy atom. The van der Waals surface area contributed by atoms with Gasteiger partial charge in [0.15, 0.2) is 11.6 Å². The van der Waals surface area contributed by atoms with Gasteiger partial charge in [0.2, 0.25) is 0 Å². The zero-order valence-corrected chi connectivity index (χ0v) is 12.9. The Balaban J connectivity index is 1.66. The van der Waals surface area contributed by atoms with Gasteiger partial charge >= 0.3 is 0 Å². The van der Waals surface area contributed by atoms with Gasteiger partial charge in [0.25, 0.3) is 5.91 Å². The topological polar surface area (TPSA) is 41.1 Å². The number of rotatable bonds is 4. The molecule has 0 unspecified atom stereocenters. The first-order chi connectivity index (χ1) is 12.0. The lowest BCUT2D eigenvalue weighted by Gasteiger charge is -2.09. The lowest BCUT2D eigenvalue weighted by Crippen LogP contribution is -2.12. The molecular formula is C19H13F3N2O. The van der Waals surface area contributed by atoms with Crippen molar-refractivity contribution >= 4 is 23.0 Å². The van der Waals surface area contributed by atoms with Gasteiger partial charge in [-0.3, -0.25) is 4.79 Å². The summed E-state index contributed by atoms with van der Waals surface area (Å²) in [6.07, 6.45) is 0. The molecule has 0 saturated carbocycles. The maximum absolute atomic E-state index is 13.2. The number of benzene rings is 3. The van der Waals surface area contributed by atoms with Crippen LogP contribution in [-0.4, -0.2) is 5.91 Å². The second-order valence-corrected chi connectivity index (χ2v) is 5.29. The maximum atomic E-state index is 13.2. The number of nitrogens with one attached hydrogen (secondary N) is 2. The fraction of sp³-hybridized carbons (Fsp3) is 0. The molecule has 0 radical (unpaired) electrons. The molecule has 0 atom stereocenters. The van der Waals surface area contributed by atoms with Crippen LogP contribution in [0.4, 0.5) is 30.2 Å². The summed E-state index contributed by atoms with van der Waals surface area (Å²) in [7, 11) is 0. The molecular weight excluding hydrogens is 329 g/mol. The van der Waals surface area contributed by atoms with Gasteiger partial charge in [-0.2, -0.15) is 0 Å². The van der Waals surface area contributed by atoms with Gasteiger partial charge in [0.1, 0.15) is 5.82 Å². The van der Waals surface area contributed by atoms with Crippen molar-refractivity contribution in [1.29, 1.82) is 0 Å². The monoisotopic (exact) mass is 342 g/mol. The van der Waals surface area contributed by atoms with Crippen LogP contribution in [0, 0.1) is 17.5 Å². The van der Waals surface area contributed by atoms with Gasteiger partial charge in [-0.15, -0.1) is 0 Å². The molecule has 3 aromatic rings. The highest BCUT2D eigenvalue weighted by molar-refractivity contribution is 6.04. The highest BCUT2D eigenvalue weighted by Gasteiger charge is 2.10. The summed E-state index contributed by atoms with van der Waals surface area (Å²) < 4.78 is 39.0. The summed E-state index contributed by atoms with van der Waals surface area (Å²) in [4.78, 5) is 12.0. The summed E-state index contributed by atoms with van der Waals surface area (Å²) in [6, 6.07) is 15.6. The average Bonchev–Trinajstić information content (AvgIpc) is 2.61. The van der Waals surface area contributed by atoms with Crippen LogP contribution in [0.5, 0.6) is 0 Å². The van der Waals surface area contributed by atoms with Crippen molar-refractivity contribution in [3.63, 3.8) is 0 Å². The van der Waals surface area contributed by atoms with Crippen LogP contribution in [0.3, 0.4) is 0 Å². The van der Waals surface area contributed by atoms with Gasteiger partial charge in [0, 0.05) is 22.6 Å². The van der Waals surface area contributed by atoms with Crippen molar-refractivity contribution in [2.75, 3.05) is 10.6 Å². The number of carbonyl (C=O) groups is 1. The van der Waals surface area contributed by atoms with Crippen molar-refractivity contribution in [3.05, 3.63) is 89.7 Å². The van der Waals surface area contributed by atoms with Gasteiger partial charge in [0.05, 0.1) is 0 Å². The summed E-state index contributed by atoms with van der Waals surface area (Å²) in [5.74, 6) is -2.95. The van der Waals surface area contributed by atoms with E-state index in [9.17, 15) is 18.0 Å². The number of carbonyl (C=O) groups excluding carboxylic acids is 1. The highest BCUT2D eigenvalue weighted by atomic mass is 19.2. The standard InChI is InChI=1S/C19H13F3N2O/c20-13-2-4-14(5-3-13)23-15-6-8-16(9-7-15)24-19(25)12-1-10-17(21)18(22)11-12/h1-11,23H,(H,24,25). The minimum atomic E-state index is -1.08. The summed E-state index contributed by atoms with van der Waals surface area (Å²) >= 11 is 0. The molecule has 0 aromatic heterocycles. The Labute approximate surface area is 142 Å². The first-order valence-electron chi connectivity index (χ1n) is 7.40. The molecule has 0 heterocycles. The van der Waals surface area contributed by atoms with E-state index in [2.05, 4.69) is 10.6 Å². The molecule has 3 rings (SSSR count). The Morgan fingerprint density at radius 1 is 0.680 bits per heavy atom. The van der Waals surface area contributed by atoms with E-state index < -0.39 is 17.5 Å². The molecule has 1 amide bonds. The molecule has 3 nitrogen and oxygen atoms in total. The van der Waals surface area contributed by atoms with E-state index in [0.717, 1.165) is 23.5 Å². The second-order valence-electron chi connectivity index (χ2n) is 5.29. The van der Waals surface area contributed by atoms with Crippen molar-refractivity contribution in [2.24, 2.45) is 0 Å². The van der Waals surface area contributed by atoms with Crippen molar-refractivity contribution < 1.29 is 18.0 Å². The third-order valence-corrected chi connectivity index (χ3v) is 3.46. The quantitative estimate of drug-likeness (QED) is 0.692. The van der Waals surface area contributed by atoms with E-state index >= 15 is 0 Å². The van der Waals surface area contributed by atoms with E-state index in [0.29, 0.717) is 5.69 Å². The zero-order chi connectivity index (χ0) is 17.8. The fourth-order valence-electron chi connectivity index (χ4n) is 2.18. The van der Waals surface area contributed by atoms with Gasteiger partial charge in [-0.05, 0) is 66.7 Å². The smallest absolute Gasteiger partial charge is 0.255 e. The van der Waals surface area contributed by atoms with E-state index in [-0.39, 0.29) is 11.4 Å². The molecule has 25 heavy (non-hydrogen) atoms. The summed E-state index contributed by atoms with van der Waals surface area (Å²) in [5, 5.41) is 5.68. The number of amides is 1. The van der Waals surface area contributed by atoms with E-state index in [1.54, 1.807) is 36.4 Å². The Kier molecular flexibility index (Phi) is 4.70. The lowest BCUT2D eigenvalue weighted by molar-refractivity contribution is 0.102. The van der Waals surface area contributed by atoms with E-state index in [4.69, 9.17) is 0 Å². The largest absolute Gasteiger partial charge is 0.356 e. The first-order valence-corrected chi connectivity index (χ1v) is 7.40. The van der Waals surface area contributed by atoms with Crippen LogP contribution < -0.4 is 10.6 Å². The number of hydrogen-bond acceptors (Lipinski definition) is 2. The van der Waals surface area contributed by atoms with Crippen LogP contribution in [0.25, 0.3) is 0 Å². The minimum Gasteiger partial charge on any atom is -0.356 e. The molecule has 2 N–H and O–H groups in total. The third kappa shape index (κ3) is 4.17. The molecule has 0 aliphatic rings. The Bertz CT molecular complexity index is 894. The molecule has 3 aromatic carbocycles. The van der Waals surface area contributed by atoms with Crippen LogP contribution in [-0.2, 0) is 0 Å². The van der Waals surface area contributed by atoms with E-state index in [1.165, 1.54) is 18.2 Å². The SMILES string of the molecule is O=C(Nc1ccc(Nc2ccc(F)cc2)cc1)c1ccc(F)c(F)c1. The molecule has 0 spiro atoms. The normalized spacial score (nSPS) is 10.4. The van der Waals surface area contributed by atoms with Crippen LogP contribution in [0.2, 0.25) is 0 Å². The second kappa shape index (κ2) is 7.09. The number of anilines is 3. The zero-order valence-electron chi connectivity index (χ0n) is 12.9. The summed E-state index contributed by atoms with van der Waals surface area (Å²) in [5.41, 5.74) is 1.99. The van der Waals surface area contributed by atoms with Gasteiger partial charge in [-0.1, -0.05) is 0 Å². The molecule has 0 fully saturated rings.